The van der Waals surface area contributed by atoms with E-state index in [9.17, 15) is 0 Å². The van der Waals surface area contributed by atoms with Crippen molar-refractivity contribution in [3.05, 3.63) is 0 Å². The maximum atomic E-state index is 7.13. The first-order valence-electron chi connectivity index (χ1n) is 0.670. The van der Waals surface area contributed by atoms with Gasteiger partial charge in [-0.15, -0.1) is 0 Å². The van der Waals surface area contributed by atoms with E-state index in [4.69, 9.17) is 5.26 Å². The molecule has 5 heavy (non-hydrogen) atoms. The lowest BCUT2D eigenvalue weighted by molar-refractivity contribution is -0.595. The molecule has 0 unspecified atom stereocenters. The number of rotatable bonds is 2. The van der Waals surface area contributed by atoms with Crippen LogP contribution in [0, 0.1) is 0 Å². The van der Waals surface area contributed by atoms with Gasteiger partial charge in [-0.25, -0.2) is 5.26 Å². The fraction of sp³-hybridized carbons (Fsp3) is 0. The van der Waals surface area contributed by atoms with Crippen LogP contribution in [-0.4, -0.2) is 5.26 Å². The summed E-state index contributed by atoms with van der Waals surface area (Å²) in [5.41, 5.74) is 0. The van der Waals surface area contributed by atoms with Crippen LogP contribution in [0.15, 0.2) is 0 Å². The van der Waals surface area contributed by atoms with Gasteiger partial charge in [0.15, 0.2) is 0 Å². The molecule has 0 spiro atoms. The summed E-state index contributed by atoms with van der Waals surface area (Å²) >= 11 is 4.29. The minimum atomic E-state index is 2.84. The van der Waals surface area contributed by atoms with Crippen LogP contribution in [0.25, 0.3) is 0 Å². The minimum absolute atomic E-state index is 2.84. The average Bonchev–Trinajstić information content (AvgIpc) is 1.41. The molecule has 0 saturated heterocycles. The van der Waals surface area contributed by atoms with E-state index < -0.39 is 0 Å². The van der Waals surface area contributed by atoms with Crippen LogP contribution < -0.4 is 0 Å². The zero-order valence-corrected chi connectivity index (χ0v) is 2.81. The van der Waals surface area contributed by atoms with Gasteiger partial charge in [0.1, 0.15) is 11.9 Å². The molecule has 0 amide bonds. The van der Waals surface area contributed by atoms with Crippen LogP contribution in [0.5, 0.6) is 0 Å². The van der Waals surface area contributed by atoms with Gasteiger partial charge in [-0.3, -0.25) is 0 Å². The summed E-state index contributed by atoms with van der Waals surface area (Å²) in [6.07, 6.45) is 0. The van der Waals surface area contributed by atoms with Crippen molar-refractivity contribution in [1.29, 1.82) is 0 Å². The molecule has 1 N–H and O–H groups in total. The standard InChI is InChI=1S/ClHO4/c1-3-5-4-2/h2H. The fourth-order valence-corrected chi connectivity index (χ4v) is 0.0345. The minimum Gasteiger partial charge on any atom is -0.219 e. The summed E-state index contributed by atoms with van der Waals surface area (Å²) in [7, 11) is 0. The molecule has 0 aromatic rings. The fourth-order valence-electron chi connectivity index (χ4n) is 0.0115. The number of hydrogen-bond acceptors (Lipinski definition) is 4. The molecule has 5 heteroatoms. The van der Waals surface area contributed by atoms with Gasteiger partial charge in [0.2, 0.25) is 0 Å². The van der Waals surface area contributed by atoms with Crippen molar-refractivity contribution in [2.45, 2.75) is 0 Å². The molecule has 0 aromatic heterocycles. The first-order chi connectivity index (χ1) is 2.41. The summed E-state index contributed by atoms with van der Waals surface area (Å²) in [5, 5.41) is 13.1. The Bertz CT molecular complexity index is 11.1. The van der Waals surface area contributed by atoms with Crippen LogP contribution in [0.3, 0.4) is 0 Å². The second-order valence-corrected chi connectivity index (χ2v) is 0.332. The SMILES string of the molecule is OOOOCl. The summed E-state index contributed by atoms with van der Waals surface area (Å²) < 4.78 is 3.19. The summed E-state index contributed by atoms with van der Waals surface area (Å²) in [6.45, 7) is 0. The van der Waals surface area contributed by atoms with E-state index in [0.717, 1.165) is 0 Å². The molecule has 0 atom stereocenters. The van der Waals surface area contributed by atoms with Crippen LogP contribution in [0.4, 0.5) is 0 Å². The molecule has 0 aromatic carbocycles. The van der Waals surface area contributed by atoms with Gasteiger partial charge in [-0.05, 0) is 10.1 Å². The van der Waals surface area contributed by atoms with Gasteiger partial charge in [-0.2, -0.15) is 0 Å². The topological polar surface area (TPSA) is 47.9 Å². The van der Waals surface area contributed by atoms with Crippen molar-refractivity contribution in [3.8, 4) is 0 Å². The van der Waals surface area contributed by atoms with Gasteiger partial charge in [0, 0.05) is 0 Å². The molecule has 0 aliphatic carbocycles. The largest absolute Gasteiger partial charge is 0.219 e. The second-order valence-electron chi connectivity index (χ2n) is 0.206. The van der Waals surface area contributed by atoms with Crippen LogP contribution in [0.1, 0.15) is 0 Å². The zero-order chi connectivity index (χ0) is 4.12. The highest BCUT2D eigenvalue weighted by Gasteiger charge is 1.69. The molecular formula is HClO4. The Balaban J connectivity index is 2.19. The molecule has 4 nitrogen and oxygen atoms in total. The van der Waals surface area contributed by atoms with E-state index in [1.54, 1.807) is 0 Å². The zero-order valence-electron chi connectivity index (χ0n) is 2.05. The Hall–Kier alpha value is 0.130. The Morgan fingerprint density at radius 1 is 1.60 bits per heavy atom. The summed E-state index contributed by atoms with van der Waals surface area (Å²) in [6, 6.07) is 0. The quantitative estimate of drug-likeness (QED) is 0.405. The van der Waals surface area contributed by atoms with E-state index in [2.05, 4.69) is 26.4 Å². The lowest BCUT2D eigenvalue weighted by Gasteiger charge is -1.78. The van der Waals surface area contributed by atoms with Gasteiger partial charge >= 0.3 is 0 Å². The summed E-state index contributed by atoms with van der Waals surface area (Å²) in [4.78, 5) is 0. The van der Waals surface area contributed by atoms with Gasteiger partial charge in [-0.1, -0.05) is 4.44 Å². The molecule has 0 heterocycles. The molecule has 0 aliphatic heterocycles. The molecule has 0 bridgehead atoms. The van der Waals surface area contributed by atoms with E-state index in [0.29, 0.717) is 0 Å². The van der Waals surface area contributed by atoms with Crippen LogP contribution >= 0.6 is 11.9 Å². The Labute approximate surface area is 32.8 Å². The number of hydrogen-bond donors (Lipinski definition) is 1. The van der Waals surface area contributed by atoms with E-state index in [1.165, 1.54) is 0 Å². The van der Waals surface area contributed by atoms with Gasteiger partial charge in [0.05, 0.1) is 0 Å². The molecule has 0 fully saturated rings. The number of halogens is 1. The highest BCUT2D eigenvalue weighted by Crippen LogP contribution is 1.77. The summed E-state index contributed by atoms with van der Waals surface area (Å²) in [5.74, 6) is 0. The van der Waals surface area contributed by atoms with Crippen molar-refractivity contribution in [3.63, 3.8) is 0 Å². The first-order valence-corrected chi connectivity index (χ1v) is 0.979. The average molecular weight is 100 g/mol. The van der Waals surface area contributed by atoms with Crippen molar-refractivity contribution in [1.82, 2.24) is 0 Å². The molecule has 0 aliphatic rings. The third-order valence-corrected chi connectivity index (χ3v) is 0.108. The monoisotopic (exact) mass is 100.0 g/mol. The maximum Gasteiger partial charge on any atom is 0.103 e. The molecule has 32 valence electrons. The normalized spacial score (nSPS) is 8.40. The predicted octanol–water partition coefficient (Wildman–Crippen LogP) is 0.493. The van der Waals surface area contributed by atoms with Crippen molar-refractivity contribution >= 4 is 11.9 Å². The van der Waals surface area contributed by atoms with E-state index in [-0.39, 0.29) is 0 Å². The van der Waals surface area contributed by atoms with Crippen molar-refractivity contribution in [2.75, 3.05) is 0 Å². The third-order valence-electron chi connectivity index (χ3n) is 0.0561. The third kappa shape index (κ3) is 4.13. The molecule has 0 saturated carbocycles. The highest BCUT2D eigenvalue weighted by molar-refractivity contribution is 6.06. The van der Waals surface area contributed by atoms with Crippen LogP contribution in [0.2, 0.25) is 0 Å². The van der Waals surface area contributed by atoms with Gasteiger partial charge < -0.3 is 0 Å². The Kier molecular flexibility index (Phi) is 4.24. The van der Waals surface area contributed by atoms with Gasteiger partial charge in [0.25, 0.3) is 0 Å². The lowest BCUT2D eigenvalue weighted by atomic mass is 14.4. The highest BCUT2D eigenvalue weighted by atomic mass is 35.5. The Morgan fingerprint density at radius 2 is 2.20 bits per heavy atom. The van der Waals surface area contributed by atoms with E-state index >= 15 is 0 Å². The van der Waals surface area contributed by atoms with Crippen molar-refractivity contribution < 1.29 is 19.8 Å². The Morgan fingerprint density at radius 3 is 2.20 bits per heavy atom. The lowest BCUT2D eigenvalue weighted by Crippen LogP contribution is -1.78. The second kappa shape index (κ2) is 4.13. The smallest absolute Gasteiger partial charge is 0.103 e. The first kappa shape index (κ1) is 5.13. The van der Waals surface area contributed by atoms with E-state index in [1.807, 2.05) is 0 Å². The molecule has 0 rings (SSSR count). The molecular weight excluding hydrogens is 99.4 g/mol. The van der Waals surface area contributed by atoms with Crippen molar-refractivity contribution in [2.24, 2.45) is 0 Å². The maximum absolute atomic E-state index is 7.13. The molecule has 0 radical (unpaired) electrons. The predicted molar refractivity (Wildman–Crippen MR) is 11.7 cm³/mol. The van der Waals surface area contributed by atoms with Crippen LogP contribution in [-0.2, 0) is 14.5 Å².